The predicted molar refractivity (Wildman–Crippen MR) is 127 cm³/mol. The lowest BCUT2D eigenvalue weighted by Gasteiger charge is -2.19. The molecule has 0 bridgehead atoms. The van der Waals surface area contributed by atoms with Gasteiger partial charge < -0.3 is 19.6 Å². The molecule has 8 nitrogen and oxygen atoms in total. The van der Waals surface area contributed by atoms with Gasteiger partial charge in [0.15, 0.2) is 0 Å². The molecule has 0 aliphatic rings. The summed E-state index contributed by atoms with van der Waals surface area (Å²) in [7, 11) is 1.72. The molecule has 0 saturated heterocycles. The number of fused-ring (bicyclic) bond motifs is 1. The smallest absolute Gasteiger partial charge is 0.294 e. The Kier molecular flexibility index (Phi) is 10.8. The maximum Gasteiger partial charge on any atom is 0.294 e. The highest BCUT2D eigenvalue weighted by atomic mass is 16.9. The fraction of sp³-hybridized carbons (Fsp3) is 0.320. The fourth-order valence-electron chi connectivity index (χ4n) is 2.90. The van der Waals surface area contributed by atoms with E-state index < -0.39 is 5.09 Å². The van der Waals surface area contributed by atoms with Gasteiger partial charge >= 0.3 is 0 Å². The number of hydrogen-bond donors (Lipinski definition) is 1. The van der Waals surface area contributed by atoms with Crippen LogP contribution in [0.2, 0.25) is 0 Å². The van der Waals surface area contributed by atoms with Crippen molar-refractivity contribution in [3.8, 4) is 5.75 Å². The van der Waals surface area contributed by atoms with Crippen LogP contribution in [0, 0.1) is 10.1 Å². The van der Waals surface area contributed by atoms with Gasteiger partial charge in [-0.1, -0.05) is 74.5 Å². The monoisotopic (exact) mass is 454 g/mol. The average Bonchev–Trinajstić information content (AvgIpc) is 2.83. The largest absolute Gasteiger partial charge is 0.490 e. The van der Waals surface area contributed by atoms with Crippen LogP contribution in [-0.2, 0) is 16.2 Å². The molecule has 3 aromatic carbocycles. The summed E-state index contributed by atoms with van der Waals surface area (Å²) in [5.74, 6) is 0.912. The molecule has 0 amide bonds. The van der Waals surface area contributed by atoms with Gasteiger partial charge in [0.2, 0.25) is 0 Å². The van der Waals surface area contributed by atoms with Crippen molar-refractivity contribution in [2.75, 3.05) is 20.3 Å². The van der Waals surface area contributed by atoms with Gasteiger partial charge in [-0.15, -0.1) is 10.1 Å². The first kappa shape index (κ1) is 25.8. The van der Waals surface area contributed by atoms with E-state index >= 15 is 0 Å². The second-order valence-electron chi connectivity index (χ2n) is 7.57. The van der Waals surface area contributed by atoms with Crippen LogP contribution in [0.5, 0.6) is 5.75 Å². The van der Waals surface area contributed by atoms with Crippen molar-refractivity contribution in [2.24, 2.45) is 0 Å². The van der Waals surface area contributed by atoms with Crippen LogP contribution in [-0.4, -0.2) is 43.8 Å². The molecular formula is C25H30N2O6. The van der Waals surface area contributed by atoms with E-state index in [1.807, 2.05) is 24.3 Å². The normalized spacial score (nSPS) is 11.4. The molecule has 8 heteroatoms. The number of carbonyl (C=O) groups is 1. The number of benzene rings is 3. The molecule has 0 spiro atoms. The summed E-state index contributed by atoms with van der Waals surface area (Å²) in [5, 5.41) is 14.7. The van der Waals surface area contributed by atoms with Gasteiger partial charge in [0, 0.05) is 30.6 Å². The van der Waals surface area contributed by atoms with Crippen LogP contribution in [0.25, 0.3) is 10.8 Å². The molecule has 0 radical (unpaired) electrons. The summed E-state index contributed by atoms with van der Waals surface area (Å²) in [5.41, 5.74) is 1.19. The van der Waals surface area contributed by atoms with E-state index in [0.29, 0.717) is 30.1 Å². The van der Waals surface area contributed by atoms with Crippen molar-refractivity contribution in [3.05, 3.63) is 88.0 Å². The van der Waals surface area contributed by atoms with E-state index in [9.17, 15) is 14.9 Å². The van der Waals surface area contributed by atoms with Gasteiger partial charge in [-0.2, -0.15) is 0 Å². The summed E-state index contributed by atoms with van der Waals surface area (Å²) >= 11 is 0. The minimum absolute atomic E-state index is 0.0522. The molecular weight excluding hydrogens is 424 g/mol. The second-order valence-corrected chi connectivity index (χ2v) is 7.57. The molecule has 0 saturated carbocycles. The highest BCUT2D eigenvalue weighted by Crippen LogP contribution is 2.25. The topological polar surface area (TPSA) is 99.9 Å². The van der Waals surface area contributed by atoms with E-state index in [4.69, 9.17) is 9.47 Å². The van der Waals surface area contributed by atoms with Gasteiger partial charge in [-0.3, -0.25) is 4.79 Å². The number of rotatable bonds is 11. The zero-order valence-electron chi connectivity index (χ0n) is 19.1. The zero-order chi connectivity index (χ0) is 24.1. The summed E-state index contributed by atoms with van der Waals surface area (Å²) in [6.45, 7) is 5.49. The summed E-state index contributed by atoms with van der Waals surface area (Å²) < 4.78 is 11.4. The van der Waals surface area contributed by atoms with Crippen LogP contribution in [0.1, 0.15) is 29.8 Å². The molecule has 0 heterocycles. The van der Waals surface area contributed by atoms with Gasteiger partial charge in [-0.05, 0) is 17.0 Å². The number of nitrogens with zero attached hydrogens (tertiary/aromatic N) is 1. The Morgan fingerprint density at radius 1 is 1.03 bits per heavy atom. The highest BCUT2D eigenvalue weighted by molar-refractivity contribution is 5.88. The molecule has 3 aromatic rings. The number of nitrogens with one attached hydrogen (secondary N) is 1. The Morgan fingerprint density at radius 2 is 1.73 bits per heavy atom. The maximum absolute atomic E-state index is 10.2. The summed E-state index contributed by atoms with van der Waals surface area (Å²) in [4.78, 5) is 24.2. The predicted octanol–water partition coefficient (Wildman–Crippen LogP) is 4.44. The van der Waals surface area contributed by atoms with Gasteiger partial charge in [-0.25, -0.2) is 0 Å². The third kappa shape index (κ3) is 9.26. The molecule has 33 heavy (non-hydrogen) atoms. The average molecular weight is 455 g/mol. The molecule has 0 aliphatic carbocycles. The quantitative estimate of drug-likeness (QED) is 0.260. The lowest BCUT2D eigenvalue weighted by atomic mass is 10.1. The first-order valence-electron chi connectivity index (χ1n) is 10.6. The second kappa shape index (κ2) is 13.8. The summed E-state index contributed by atoms with van der Waals surface area (Å²) in [6, 6.07) is 21.2. The van der Waals surface area contributed by atoms with Crippen molar-refractivity contribution in [2.45, 2.75) is 32.6 Å². The Balaban J connectivity index is 0.000000257. The van der Waals surface area contributed by atoms with Gasteiger partial charge in [0.25, 0.3) is 5.09 Å². The van der Waals surface area contributed by atoms with Crippen molar-refractivity contribution in [3.63, 3.8) is 0 Å². The lowest BCUT2D eigenvalue weighted by molar-refractivity contribution is -0.763. The molecule has 1 N–H and O–H groups in total. The van der Waals surface area contributed by atoms with E-state index in [1.54, 1.807) is 31.4 Å². The molecule has 3 rings (SSSR count). The van der Waals surface area contributed by atoms with Crippen LogP contribution in [0.15, 0.2) is 66.7 Å². The fourth-order valence-corrected chi connectivity index (χ4v) is 2.90. The minimum atomic E-state index is -0.854. The van der Waals surface area contributed by atoms with Crippen molar-refractivity contribution in [1.29, 1.82) is 0 Å². The van der Waals surface area contributed by atoms with Gasteiger partial charge in [0.1, 0.15) is 31.4 Å². The first-order valence-corrected chi connectivity index (χ1v) is 10.6. The Bertz CT molecular complexity index is 1000. The third-order valence-corrected chi connectivity index (χ3v) is 4.71. The molecule has 0 fully saturated rings. The van der Waals surface area contributed by atoms with Crippen LogP contribution >= 0.6 is 0 Å². The van der Waals surface area contributed by atoms with Gasteiger partial charge in [0.05, 0.1) is 0 Å². The van der Waals surface area contributed by atoms with E-state index in [2.05, 4.69) is 42.2 Å². The summed E-state index contributed by atoms with van der Waals surface area (Å²) in [6.07, 6.45) is 0.759. The lowest BCUT2D eigenvalue weighted by Crippen LogP contribution is -2.36. The first-order chi connectivity index (χ1) is 15.9. The minimum Gasteiger partial charge on any atom is -0.490 e. The van der Waals surface area contributed by atoms with Crippen molar-refractivity contribution >= 4 is 17.1 Å². The zero-order valence-corrected chi connectivity index (χ0v) is 19.1. The Labute approximate surface area is 193 Å². The number of carbonyl (C=O) groups excluding carboxylic acids is 1. The number of methoxy groups -OCH3 is 1. The standard InChI is InChI=1S/C17H23NO2.C8H7NO4/c1-13(2)18-11-15(19-3)12-20-17-10-6-8-14-7-4-5-9-16(14)17;10-5-7-1-3-8(4-2-7)6-13-9(11)12/h4-10,13,15,18H,11-12H2,1-3H3;1-5H,6H2. The van der Waals surface area contributed by atoms with E-state index in [-0.39, 0.29) is 12.7 Å². The van der Waals surface area contributed by atoms with Crippen molar-refractivity contribution in [1.82, 2.24) is 5.32 Å². The van der Waals surface area contributed by atoms with Crippen LogP contribution in [0.4, 0.5) is 0 Å². The number of aldehydes is 1. The SMILES string of the molecule is COC(CNC(C)C)COc1cccc2ccccc12.O=Cc1ccc(CO[N+](=O)[O-])cc1. The van der Waals surface area contributed by atoms with Crippen LogP contribution in [0.3, 0.4) is 0 Å². The van der Waals surface area contributed by atoms with Crippen LogP contribution < -0.4 is 10.1 Å². The molecule has 0 aliphatic heterocycles. The van der Waals surface area contributed by atoms with E-state index in [1.165, 1.54) is 5.39 Å². The molecule has 0 aromatic heterocycles. The van der Waals surface area contributed by atoms with E-state index in [0.717, 1.165) is 17.7 Å². The highest BCUT2D eigenvalue weighted by Gasteiger charge is 2.10. The number of hydrogen-bond acceptors (Lipinski definition) is 7. The number of ether oxygens (including phenoxy) is 2. The molecule has 1 unspecified atom stereocenters. The molecule has 1 atom stereocenters. The maximum atomic E-state index is 10.2. The Morgan fingerprint density at radius 3 is 2.36 bits per heavy atom. The Hall–Kier alpha value is -3.49. The molecule has 176 valence electrons. The third-order valence-electron chi connectivity index (χ3n) is 4.71. The van der Waals surface area contributed by atoms with Crippen molar-refractivity contribution < 1.29 is 24.2 Å².